The van der Waals surface area contributed by atoms with Gasteiger partial charge in [0.05, 0.1) is 12.5 Å². The number of rotatable bonds is 3. The molecule has 0 aromatic rings. The molecule has 0 spiro atoms. The van der Waals surface area contributed by atoms with E-state index in [0.29, 0.717) is 0 Å². The summed E-state index contributed by atoms with van der Waals surface area (Å²) in [6.45, 7) is 3.66. The first kappa shape index (κ1) is 12.2. The Labute approximate surface area is 91.2 Å². The maximum Gasteiger partial charge on any atom is 0.311 e. The molecule has 0 saturated heterocycles. The third-order valence-electron chi connectivity index (χ3n) is 3.81. The first-order valence-corrected chi connectivity index (χ1v) is 5.64. The fourth-order valence-electron chi connectivity index (χ4n) is 2.50. The number of methoxy groups -OCH3 is 1. The van der Waals surface area contributed by atoms with Gasteiger partial charge in [0, 0.05) is 5.92 Å². The molecule has 15 heavy (non-hydrogen) atoms. The Bertz CT molecular complexity index is 250. The fraction of sp³-hybridized carbons (Fsp3) is 0.833. The van der Waals surface area contributed by atoms with Gasteiger partial charge in [-0.25, -0.2) is 0 Å². The monoisotopic (exact) mass is 212 g/mol. The summed E-state index contributed by atoms with van der Waals surface area (Å²) in [5.41, 5.74) is -0.319. The summed E-state index contributed by atoms with van der Waals surface area (Å²) in [6.07, 6.45) is 4.06. The van der Waals surface area contributed by atoms with Gasteiger partial charge in [0.1, 0.15) is 5.78 Å². The highest BCUT2D eigenvalue weighted by molar-refractivity contribution is 5.80. The quantitative estimate of drug-likeness (QED) is 0.674. The van der Waals surface area contributed by atoms with Crippen LogP contribution < -0.4 is 0 Å². The number of hydrogen-bond acceptors (Lipinski definition) is 3. The largest absolute Gasteiger partial charge is 0.469 e. The summed E-state index contributed by atoms with van der Waals surface area (Å²) in [6, 6.07) is 0. The normalized spacial score (nSPS) is 31.0. The van der Waals surface area contributed by atoms with E-state index in [4.69, 9.17) is 4.74 Å². The molecule has 0 aliphatic heterocycles. The van der Waals surface area contributed by atoms with E-state index in [9.17, 15) is 9.59 Å². The summed E-state index contributed by atoms with van der Waals surface area (Å²) in [7, 11) is 1.44. The van der Waals surface area contributed by atoms with Crippen LogP contribution in [0, 0.1) is 11.3 Å². The standard InChI is InChI=1S/C12H20O3/c1-4-12(11(14)15-3)7-5-10(6-8-12)9(2)13/h10H,4-8H2,1-3H3. The van der Waals surface area contributed by atoms with Crippen LogP contribution in [0.5, 0.6) is 0 Å². The van der Waals surface area contributed by atoms with Crippen LogP contribution in [0.2, 0.25) is 0 Å². The summed E-state index contributed by atoms with van der Waals surface area (Å²) < 4.78 is 4.86. The average molecular weight is 212 g/mol. The highest BCUT2D eigenvalue weighted by Gasteiger charge is 2.41. The molecule has 1 fully saturated rings. The van der Waals surface area contributed by atoms with Gasteiger partial charge in [-0.2, -0.15) is 0 Å². The molecule has 0 N–H and O–H groups in total. The van der Waals surface area contributed by atoms with Crippen LogP contribution in [-0.4, -0.2) is 18.9 Å². The second kappa shape index (κ2) is 4.77. The van der Waals surface area contributed by atoms with Crippen molar-refractivity contribution in [2.75, 3.05) is 7.11 Å². The average Bonchev–Trinajstić information content (AvgIpc) is 2.27. The lowest BCUT2D eigenvalue weighted by atomic mass is 9.68. The van der Waals surface area contributed by atoms with Crippen LogP contribution in [0.1, 0.15) is 46.0 Å². The lowest BCUT2D eigenvalue weighted by molar-refractivity contribution is -0.156. The molecule has 0 atom stereocenters. The number of hydrogen-bond donors (Lipinski definition) is 0. The van der Waals surface area contributed by atoms with Crippen LogP contribution >= 0.6 is 0 Å². The van der Waals surface area contributed by atoms with E-state index in [2.05, 4.69) is 0 Å². The summed E-state index contributed by atoms with van der Waals surface area (Å²) in [5, 5.41) is 0. The van der Waals surface area contributed by atoms with Gasteiger partial charge >= 0.3 is 5.97 Å². The highest BCUT2D eigenvalue weighted by atomic mass is 16.5. The van der Waals surface area contributed by atoms with Gasteiger partial charge in [0.25, 0.3) is 0 Å². The van der Waals surface area contributed by atoms with Crippen molar-refractivity contribution in [1.82, 2.24) is 0 Å². The lowest BCUT2D eigenvalue weighted by Crippen LogP contribution is -2.37. The minimum atomic E-state index is -0.319. The van der Waals surface area contributed by atoms with Gasteiger partial charge in [0.2, 0.25) is 0 Å². The molecule has 3 heteroatoms. The molecule has 86 valence electrons. The Morgan fingerprint density at radius 2 is 1.87 bits per heavy atom. The van der Waals surface area contributed by atoms with Crippen LogP contribution in [0.3, 0.4) is 0 Å². The SMILES string of the molecule is CCC1(C(=O)OC)CCC(C(C)=O)CC1. The third kappa shape index (κ3) is 2.39. The predicted octanol–water partition coefficient (Wildman–Crippen LogP) is 2.33. The zero-order chi connectivity index (χ0) is 11.5. The van der Waals surface area contributed by atoms with Gasteiger partial charge in [-0.05, 0) is 39.0 Å². The Kier molecular flexibility index (Phi) is 3.89. The first-order chi connectivity index (χ1) is 7.05. The molecule has 1 saturated carbocycles. The molecule has 1 rings (SSSR count). The topological polar surface area (TPSA) is 43.4 Å². The van der Waals surface area contributed by atoms with Crippen LogP contribution in [0.15, 0.2) is 0 Å². The van der Waals surface area contributed by atoms with Crippen molar-refractivity contribution in [3.8, 4) is 0 Å². The third-order valence-corrected chi connectivity index (χ3v) is 3.81. The first-order valence-electron chi connectivity index (χ1n) is 5.64. The highest BCUT2D eigenvalue weighted by Crippen LogP contribution is 2.42. The summed E-state index contributed by atoms with van der Waals surface area (Å²) in [4.78, 5) is 22.9. The van der Waals surface area contributed by atoms with Crippen molar-refractivity contribution >= 4 is 11.8 Å². The van der Waals surface area contributed by atoms with Gasteiger partial charge < -0.3 is 4.74 Å². The number of ether oxygens (including phenoxy) is 1. The van der Waals surface area contributed by atoms with E-state index >= 15 is 0 Å². The van der Waals surface area contributed by atoms with Crippen molar-refractivity contribution in [3.63, 3.8) is 0 Å². The summed E-state index contributed by atoms with van der Waals surface area (Å²) in [5.74, 6) is 0.311. The number of esters is 1. The maximum absolute atomic E-state index is 11.7. The molecule has 0 aromatic carbocycles. The van der Waals surface area contributed by atoms with Gasteiger partial charge in [0.15, 0.2) is 0 Å². The molecule has 0 radical (unpaired) electrons. The van der Waals surface area contributed by atoms with Crippen molar-refractivity contribution < 1.29 is 14.3 Å². The van der Waals surface area contributed by atoms with E-state index < -0.39 is 0 Å². The van der Waals surface area contributed by atoms with E-state index in [1.807, 2.05) is 6.92 Å². The van der Waals surface area contributed by atoms with E-state index in [1.54, 1.807) is 6.92 Å². The smallest absolute Gasteiger partial charge is 0.311 e. The molecular formula is C12H20O3. The number of carbonyl (C=O) groups excluding carboxylic acids is 2. The second-order valence-corrected chi connectivity index (χ2v) is 4.51. The lowest BCUT2D eigenvalue weighted by Gasteiger charge is -2.36. The zero-order valence-corrected chi connectivity index (χ0v) is 9.84. The van der Waals surface area contributed by atoms with Gasteiger partial charge in [-0.3, -0.25) is 9.59 Å². The van der Waals surface area contributed by atoms with E-state index in [0.717, 1.165) is 32.1 Å². The minimum Gasteiger partial charge on any atom is -0.469 e. The predicted molar refractivity (Wildman–Crippen MR) is 57.4 cm³/mol. The Balaban J connectivity index is 2.66. The Morgan fingerprint density at radius 1 is 1.33 bits per heavy atom. The van der Waals surface area contributed by atoms with Crippen molar-refractivity contribution in [3.05, 3.63) is 0 Å². The zero-order valence-electron chi connectivity index (χ0n) is 9.84. The molecule has 0 bridgehead atoms. The number of Topliss-reactive ketones (excluding diaryl/α,β-unsaturated/α-hetero) is 1. The molecule has 0 heterocycles. The fourth-order valence-corrected chi connectivity index (χ4v) is 2.50. The van der Waals surface area contributed by atoms with Gasteiger partial charge in [-0.15, -0.1) is 0 Å². The molecule has 0 aromatic heterocycles. The van der Waals surface area contributed by atoms with Crippen LogP contribution in [0.25, 0.3) is 0 Å². The second-order valence-electron chi connectivity index (χ2n) is 4.51. The van der Waals surface area contributed by atoms with E-state index in [-0.39, 0.29) is 23.1 Å². The van der Waals surface area contributed by atoms with Crippen LogP contribution in [0.4, 0.5) is 0 Å². The molecule has 3 nitrogen and oxygen atoms in total. The number of carbonyl (C=O) groups is 2. The van der Waals surface area contributed by atoms with Gasteiger partial charge in [-0.1, -0.05) is 6.92 Å². The Morgan fingerprint density at radius 3 is 2.20 bits per heavy atom. The molecular weight excluding hydrogens is 192 g/mol. The van der Waals surface area contributed by atoms with E-state index in [1.165, 1.54) is 7.11 Å². The number of ketones is 1. The van der Waals surface area contributed by atoms with Crippen molar-refractivity contribution in [1.29, 1.82) is 0 Å². The molecule has 0 unspecified atom stereocenters. The molecule has 1 aliphatic rings. The van der Waals surface area contributed by atoms with Crippen molar-refractivity contribution in [2.24, 2.45) is 11.3 Å². The summed E-state index contributed by atoms with van der Waals surface area (Å²) >= 11 is 0. The molecule has 0 amide bonds. The van der Waals surface area contributed by atoms with Crippen LogP contribution in [-0.2, 0) is 14.3 Å². The maximum atomic E-state index is 11.7. The van der Waals surface area contributed by atoms with Crippen molar-refractivity contribution in [2.45, 2.75) is 46.0 Å². The minimum absolute atomic E-state index is 0.105. The molecule has 1 aliphatic carbocycles. The Hall–Kier alpha value is -0.860.